The Morgan fingerprint density at radius 3 is 2.94 bits per heavy atom. The van der Waals surface area contributed by atoms with Crippen molar-refractivity contribution in [3.8, 4) is 0 Å². The van der Waals surface area contributed by atoms with Crippen LogP contribution in [0.15, 0.2) is 45.7 Å². The van der Waals surface area contributed by atoms with Crippen LogP contribution in [0.3, 0.4) is 0 Å². The highest BCUT2D eigenvalue weighted by atomic mass is 79.9. The molecule has 0 amide bonds. The first-order chi connectivity index (χ1) is 8.29. The first kappa shape index (κ1) is 10.5. The third kappa shape index (κ3) is 1.65. The fraction of sp³-hybridized carbons (Fsp3) is 0.0769. The summed E-state index contributed by atoms with van der Waals surface area (Å²) in [4.78, 5) is 16.3. The summed E-state index contributed by atoms with van der Waals surface area (Å²) in [5.41, 5.74) is 2.47. The number of aromatic nitrogens is 1. The normalized spacial score (nSPS) is 11.1. The van der Waals surface area contributed by atoms with E-state index in [1.54, 1.807) is 18.3 Å². The molecule has 0 spiro atoms. The lowest BCUT2D eigenvalue weighted by Gasteiger charge is -2.01. The number of nitrogens with zero attached hydrogens (tertiary/aromatic N) is 1. The molecule has 0 saturated heterocycles. The number of rotatable bonds is 1. The Kier molecular flexibility index (Phi) is 2.44. The molecule has 0 aliphatic heterocycles. The maximum absolute atomic E-state index is 12.2. The standard InChI is InChI=1S/C13H8BrNO2/c14-7-8-3-4-10-9(6-8)13(16)12-11(17-10)2-1-5-15-12/h1-6H,7H2. The van der Waals surface area contributed by atoms with Gasteiger partial charge in [0.15, 0.2) is 11.1 Å². The molecular formula is C13H8BrNO2. The summed E-state index contributed by atoms with van der Waals surface area (Å²) >= 11 is 3.37. The Morgan fingerprint density at radius 1 is 1.24 bits per heavy atom. The van der Waals surface area contributed by atoms with Crippen LogP contribution in [0, 0.1) is 0 Å². The minimum atomic E-state index is -0.0790. The van der Waals surface area contributed by atoms with E-state index in [4.69, 9.17) is 4.42 Å². The van der Waals surface area contributed by atoms with Crippen LogP contribution < -0.4 is 5.43 Å². The van der Waals surface area contributed by atoms with Gasteiger partial charge in [-0.1, -0.05) is 22.0 Å². The van der Waals surface area contributed by atoms with Crippen molar-refractivity contribution in [2.24, 2.45) is 0 Å². The quantitative estimate of drug-likeness (QED) is 0.510. The highest BCUT2D eigenvalue weighted by molar-refractivity contribution is 9.08. The fourth-order valence-corrected chi connectivity index (χ4v) is 2.16. The number of halogens is 1. The van der Waals surface area contributed by atoms with Gasteiger partial charge in [-0.3, -0.25) is 4.79 Å². The summed E-state index contributed by atoms with van der Waals surface area (Å²) in [6.45, 7) is 0. The van der Waals surface area contributed by atoms with E-state index in [1.165, 1.54) is 0 Å². The second kappa shape index (κ2) is 3.96. The summed E-state index contributed by atoms with van der Waals surface area (Å²) in [5.74, 6) is 0. The molecule has 0 fully saturated rings. The first-order valence-electron chi connectivity index (χ1n) is 5.16. The van der Waals surface area contributed by atoms with Crippen LogP contribution in [0.25, 0.3) is 22.1 Å². The SMILES string of the molecule is O=c1c2cc(CBr)ccc2oc2cccnc12. The Balaban J connectivity index is 2.51. The zero-order valence-corrected chi connectivity index (χ0v) is 10.4. The second-order valence-electron chi connectivity index (χ2n) is 3.75. The molecule has 0 radical (unpaired) electrons. The molecule has 3 rings (SSSR count). The summed E-state index contributed by atoms with van der Waals surface area (Å²) in [7, 11) is 0. The molecule has 84 valence electrons. The van der Waals surface area contributed by atoms with Crippen molar-refractivity contribution in [1.82, 2.24) is 4.98 Å². The minimum Gasteiger partial charge on any atom is -0.454 e. The van der Waals surface area contributed by atoms with Gasteiger partial charge >= 0.3 is 0 Å². The number of hydrogen-bond donors (Lipinski definition) is 0. The van der Waals surface area contributed by atoms with Crippen molar-refractivity contribution in [3.05, 3.63) is 52.3 Å². The lowest BCUT2D eigenvalue weighted by atomic mass is 10.1. The summed E-state index contributed by atoms with van der Waals surface area (Å²) in [6, 6.07) is 9.09. The summed E-state index contributed by atoms with van der Waals surface area (Å²) < 4.78 is 5.65. The highest BCUT2D eigenvalue weighted by Gasteiger charge is 2.08. The largest absolute Gasteiger partial charge is 0.454 e. The van der Waals surface area contributed by atoms with Gasteiger partial charge in [-0.15, -0.1) is 0 Å². The van der Waals surface area contributed by atoms with Gasteiger partial charge in [0, 0.05) is 11.5 Å². The number of fused-ring (bicyclic) bond motifs is 2. The topological polar surface area (TPSA) is 43.1 Å². The number of hydrogen-bond acceptors (Lipinski definition) is 3. The Hall–Kier alpha value is -1.68. The molecule has 0 aliphatic rings. The van der Waals surface area contributed by atoms with Crippen molar-refractivity contribution in [3.63, 3.8) is 0 Å². The van der Waals surface area contributed by atoms with Gasteiger partial charge in [0.05, 0.1) is 5.39 Å². The average Bonchev–Trinajstić information content (AvgIpc) is 2.39. The minimum absolute atomic E-state index is 0.0790. The maximum atomic E-state index is 12.2. The van der Waals surface area contributed by atoms with Crippen molar-refractivity contribution < 1.29 is 4.42 Å². The number of benzene rings is 1. The Bertz CT molecular complexity index is 764. The number of pyridine rings is 1. The van der Waals surface area contributed by atoms with E-state index >= 15 is 0 Å². The predicted molar refractivity (Wildman–Crippen MR) is 70.4 cm³/mol. The van der Waals surface area contributed by atoms with Crippen LogP contribution in [0.2, 0.25) is 0 Å². The van der Waals surface area contributed by atoms with E-state index in [-0.39, 0.29) is 5.43 Å². The first-order valence-corrected chi connectivity index (χ1v) is 6.28. The molecule has 0 atom stereocenters. The van der Waals surface area contributed by atoms with Crippen molar-refractivity contribution in [2.45, 2.75) is 5.33 Å². The van der Waals surface area contributed by atoms with Gasteiger partial charge in [0.2, 0.25) is 5.43 Å². The van der Waals surface area contributed by atoms with Gasteiger partial charge < -0.3 is 4.42 Å². The van der Waals surface area contributed by atoms with E-state index in [1.807, 2.05) is 18.2 Å². The van der Waals surface area contributed by atoms with Gasteiger partial charge in [-0.25, -0.2) is 4.98 Å². The van der Waals surface area contributed by atoms with Crippen molar-refractivity contribution in [1.29, 1.82) is 0 Å². The molecule has 3 nitrogen and oxygen atoms in total. The molecule has 3 aromatic rings. The maximum Gasteiger partial charge on any atom is 0.218 e. The van der Waals surface area contributed by atoms with E-state index in [0.29, 0.717) is 27.4 Å². The molecule has 4 heteroatoms. The van der Waals surface area contributed by atoms with Crippen LogP contribution in [-0.4, -0.2) is 4.98 Å². The van der Waals surface area contributed by atoms with Crippen LogP contribution >= 0.6 is 15.9 Å². The molecule has 0 unspecified atom stereocenters. The zero-order valence-electron chi connectivity index (χ0n) is 8.81. The monoisotopic (exact) mass is 289 g/mol. The third-order valence-electron chi connectivity index (χ3n) is 2.65. The molecule has 2 aromatic heterocycles. The smallest absolute Gasteiger partial charge is 0.218 e. The molecule has 1 aromatic carbocycles. The molecule has 0 N–H and O–H groups in total. The van der Waals surface area contributed by atoms with Gasteiger partial charge in [-0.05, 0) is 29.8 Å². The van der Waals surface area contributed by atoms with Crippen molar-refractivity contribution >= 4 is 38.0 Å². The van der Waals surface area contributed by atoms with Crippen LogP contribution in [0.5, 0.6) is 0 Å². The van der Waals surface area contributed by atoms with E-state index in [2.05, 4.69) is 20.9 Å². The zero-order chi connectivity index (χ0) is 11.8. The number of alkyl halides is 1. The highest BCUT2D eigenvalue weighted by Crippen LogP contribution is 2.19. The van der Waals surface area contributed by atoms with Gasteiger partial charge in [-0.2, -0.15) is 0 Å². The molecule has 0 saturated carbocycles. The molecule has 0 aliphatic carbocycles. The fourth-order valence-electron chi connectivity index (χ4n) is 1.82. The third-order valence-corrected chi connectivity index (χ3v) is 3.30. The Morgan fingerprint density at radius 2 is 2.12 bits per heavy atom. The summed E-state index contributed by atoms with van der Waals surface area (Å²) in [5, 5.41) is 1.29. The lowest BCUT2D eigenvalue weighted by molar-refractivity contribution is 0.658. The van der Waals surface area contributed by atoms with Crippen molar-refractivity contribution in [2.75, 3.05) is 0 Å². The predicted octanol–water partition coefficient (Wildman–Crippen LogP) is 3.24. The van der Waals surface area contributed by atoms with Crippen LogP contribution in [0.1, 0.15) is 5.56 Å². The molecule has 17 heavy (non-hydrogen) atoms. The molecule has 2 heterocycles. The summed E-state index contributed by atoms with van der Waals surface area (Å²) in [6.07, 6.45) is 1.60. The molecule has 0 bridgehead atoms. The van der Waals surface area contributed by atoms with Crippen LogP contribution in [-0.2, 0) is 5.33 Å². The molecular weight excluding hydrogens is 282 g/mol. The van der Waals surface area contributed by atoms with Gasteiger partial charge in [0.25, 0.3) is 0 Å². The van der Waals surface area contributed by atoms with E-state index in [9.17, 15) is 4.79 Å². The van der Waals surface area contributed by atoms with E-state index in [0.717, 1.165) is 5.56 Å². The lowest BCUT2D eigenvalue weighted by Crippen LogP contribution is -2.04. The van der Waals surface area contributed by atoms with Crippen LogP contribution in [0.4, 0.5) is 0 Å². The van der Waals surface area contributed by atoms with Gasteiger partial charge in [0.1, 0.15) is 5.58 Å². The second-order valence-corrected chi connectivity index (χ2v) is 4.31. The van der Waals surface area contributed by atoms with E-state index < -0.39 is 0 Å². The Labute approximate surface area is 105 Å². The average molecular weight is 290 g/mol.